The van der Waals surface area contributed by atoms with Crippen LogP contribution in [0.1, 0.15) is 0 Å². The lowest BCUT2D eigenvalue weighted by Crippen LogP contribution is -2.52. The zero-order chi connectivity index (χ0) is 15.9. The van der Waals surface area contributed by atoms with Crippen molar-refractivity contribution in [2.45, 2.75) is 6.04 Å². The monoisotopic (exact) mass is 420 g/mol. The number of rotatable bonds is 4. The van der Waals surface area contributed by atoms with Crippen LogP contribution in [0, 0.1) is 0 Å². The summed E-state index contributed by atoms with van der Waals surface area (Å²) in [4.78, 5) is 59.2. The summed E-state index contributed by atoms with van der Waals surface area (Å²) in [6, 6.07) is -1.66. The summed E-state index contributed by atoms with van der Waals surface area (Å²) in [6.45, 7) is -0.621. The molecule has 2 aliphatic heterocycles. The molecule has 21 heavy (non-hydrogen) atoms. The Morgan fingerprint density at radius 2 is 1.57 bits per heavy atom. The predicted molar refractivity (Wildman–Crippen MR) is 74.0 cm³/mol. The number of carboxylic acid groups (broad SMARTS) is 1. The second kappa shape index (κ2) is 5.53. The van der Waals surface area contributed by atoms with Crippen LogP contribution in [0.5, 0.6) is 0 Å². The van der Waals surface area contributed by atoms with Gasteiger partial charge in [0.1, 0.15) is 0 Å². The fraction of sp³-hybridized carbons (Fsp3) is 0.182. The van der Waals surface area contributed by atoms with Crippen LogP contribution in [0.2, 0.25) is 0 Å². The predicted octanol–water partition coefficient (Wildman–Crippen LogP) is -0.265. The van der Waals surface area contributed by atoms with Crippen molar-refractivity contribution in [3.8, 4) is 0 Å². The van der Waals surface area contributed by atoms with E-state index in [2.05, 4.69) is 31.9 Å². The third kappa shape index (κ3) is 2.68. The number of halogens is 2. The Labute approximate surface area is 134 Å². The molecule has 0 saturated heterocycles. The highest BCUT2D eigenvalue weighted by atomic mass is 79.9. The van der Waals surface area contributed by atoms with Crippen molar-refractivity contribution in [2.24, 2.45) is 0 Å². The number of carbonyl (C=O) groups is 5. The van der Waals surface area contributed by atoms with Gasteiger partial charge < -0.3 is 5.11 Å². The molecule has 0 fully saturated rings. The van der Waals surface area contributed by atoms with E-state index >= 15 is 0 Å². The molecule has 4 amide bonds. The molecular formula is C11H6Br2N2O6. The highest BCUT2D eigenvalue weighted by Crippen LogP contribution is 2.23. The molecule has 0 bridgehead atoms. The van der Waals surface area contributed by atoms with Crippen molar-refractivity contribution >= 4 is 61.5 Å². The summed E-state index contributed by atoms with van der Waals surface area (Å²) in [5, 5.41) is 9.19. The Bertz CT molecular complexity index is 653. The van der Waals surface area contributed by atoms with Crippen LogP contribution < -0.4 is 0 Å². The molecule has 0 aromatic rings. The number of aliphatic carboxylic acids is 1. The number of carbonyl (C=O) groups excluding carboxylic acids is 4. The minimum atomic E-state index is -1.66. The molecule has 0 aliphatic carbocycles. The normalized spacial score (nSPS) is 20.1. The van der Waals surface area contributed by atoms with E-state index in [-0.39, 0.29) is 8.96 Å². The van der Waals surface area contributed by atoms with Gasteiger partial charge in [0.2, 0.25) is 0 Å². The average Bonchev–Trinajstić information content (AvgIpc) is 2.77. The molecule has 10 heteroatoms. The minimum absolute atomic E-state index is 0.0185. The summed E-state index contributed by atoms with van der Waals surface area (Å²) in [7, 11) is 0. The second-order valence-corrected chi connectivity index (χ2v) is 5.81. The van der Waals surface area contributed by atoms with E-state index in [4.69, 9.17) is 0 Å². The SMILES string of the molecule is O=C(O)C(CN1C(=O)C=C(Br)C1=O)N1C(=O)C=C(Br)C1=O. The molecule has 0 saturated carbocycles. The average molecular weight is 422 g/mol. The maximum atomic E-state index is 11.8. The maximum absolute atomic E-state index is 11.8. The van der Waals surface area contributed by atoms with E-state index in [1.54, 1.807) is 0 Å². The highest BCUT2D eigenvalue weighted by molar-refractivity contribution is 9.12. The van der Waals surface area contributed by atoms with Gasteiger partial charge in [-0.3, -0.25) is 29.0 Å². The molecule has 2 rings (SSSR count). The topological polar surface area (TPSA) is 112 Å². The van der Waals surface area contributed by atoms with Gasteiger partial charge >= 0.3 is 5.97 Å². The Balaban J connectivity index is 2.25. The highest BCUT2D eigenvalue weighted by Gasteiger charge is 2.43. The molecule has 1 atom stereocenters. The Kier molecular flexibility index (Phi) is 4.10. The van der Waals surface area contributed by atoms with Crippen LogP contribution in [0.15, 0.2) is 21.1 Å². The number of carboxylic acids is 1. The first-order valence-electron chi connectivity index (χ1n) is 5.44. The molecule has 110 valence electrons. The fourth-order valence-corrected chi connectivity index (χ4v) is 2.64. The number of nitrogens with zero attached hydrogens (tertiary/aromatic N) is 2. The quantitative estimate of drug-likeness (QED) is 0.625. The van der Waals surface area contributed by atoms with Crippen LogP contribution in [0.4, 0.5) is 0 Å². The lowest BCUT2D eigenvalue weighted by molar-refractivity contribution is -0.156. The summed E-state index contributed by atoms with van der Waals surface area (Å²) < 4.78 is -0.104. The van der Waals surface area contributed by atoms with Crippen molar-refractivity contribution in [2.75, 3.05) is 6.54 Å². The first kappa shape index (κ1) is 15.6. The van der Waals surface area contributed by atoms with Crippen molar-refractivity contribution in [1.29, 1.82) is 0 Å². The maximum Gasteiger partial charge on any atom is 0.328 e. The molecule has 2 heterocycles. The standard InChI is InChI=1S/C11H6Br2N2O6/c12-4-1-7(16)14(9(4)18)3-6(11(20)21)15-8(17)2-5(13)10(15)19/h1-2,6H,3H2,(H,20,21). The third-order valence-corrected chi connectivity index (χ3v) is 3.96. The number of hydrogen-bond donors (Lipinski definition) is 1. The van der Waals surface area contributed by atoms with Gasteiger partial charge in [-0.25, -0.2) is 4.79 Å². The molecule has 2 aliphatic rings. The fourth-order valence-electron chi connectivity index (χ4n) is 1.84. The van der Waals surface area contributed by atoms with Crippen molar-refractivity contribution < 1.29 is 29.1 Å². The van der Waals surface area contributed by atoms with Crippen LogP contribution in [0.3, 0.4) is 0 Å². The molecule has 8 nitrogen and oxygen atoms in total. The summed E-state index contributed by atoms with van der Waals surface area (Å²) >= 11 is 5.70. The molecule has 0 radical (unpaired) electrons. The summed E-state index contributed by atoms with van der Waals surface area (Å²) in [5.41, 5.74) is 0. The van der Waals surface area contributed by atoms with Crippen LogP contribution in [-0.4, -0.2) is 57.1 Å². The van der Waals surface area contributed by atoms with E-state index in [0.717, 1.165) is 12.2 Å². The first-order valence-corrected chi connectivity index (χ1v) is 7.03. The van der Waals surface area contributed by atoms with Gasteiger partial charge in [-0.1, -0.05) is 0 Å². The van der Waals surface area contributed by atoms with Crippen molar-refractivity contribution in [3.05, 3.63) is 21.1 Å². The van der Waals surface area contributed by atoms with E-state index in [1.165, 1.54) is 0 Å². The Hall–Kier alpha value is -1.81. The summed E-state index contributed by atoms with van der Waals surface area (Å²) in [6.07, 6.45) is 1.92. The molecular weight excluding hydrogens is 416 g/mol. The minimum Gasteiger partial charge on any atom is -0.480 e. The Morgan fingerprint density at radius 3 is 1.95 bits per heavy atom. The van der Waals surface area contributed by atoms with E-state index in [1.807, 2.05) is 0 Å². The lowest BCUT2D eigenvalue weighted by Gasteiger charge is -2.26. The number of hydrogen-bond acceptors (Lipinski definition) is 5. The van der Waals surface area contributed by atoms with Gasteiger partial charge in [-0.2, -0.15) is 0 Å². The first-order chi connectivity index (χ1) is 9.73. The smallest absolute Gasteiger partial charge is 0.328 e. The van der Waals surface area contributed by atoms with Gasteiger partial charge in [0.25, 0.3) is 23.6 Å². The number of imide groups is 2. The van der Waals surface area contributed by atoms with Gasteiger partial charge in [-0.05, 0) is 31.9 Å². The molecule has 0 aromatic heterocycles. The van der Waals surface area contributed by atoms with Gasteiger partial charge in [0.15, 0.2) is 6.04 Å². The second-order valence-electron chi connectivity index (χ2n) is 4.11. The van der Waals surface area contributed by atoms with Crippen LogP contribution in [-0.2, 0) is 24.0 Å². The summed E-state index contributed by atoms with van der Waals surface area (Å²) in [5.74, 6) is -4.61. The zero-order valence-electron chi connectivity index (χ0n) is 10.1. The van der Waals surface area contributed by atoms with Gasteiger partial charge in [-0.15, -0.1) is 0 Å². The zero-order valence-corrected chi connectivity index (χ0v) is 13.2. The molecule has 1 N–H and O–H groups in total. The van der Waals surface area contributed by atoms with Crippen molar-refractivity contribution in [1.82, 2.24) is 9.80 Å². The van der Waals surface area contributed by atoms with E-state index < -0.39 is 42.2 Å². The Morgan fingerprint density at radius 1 is 1.05 bits per heavy atom. The van der Waals surface area contributed by atoms with Crippen LogP contribution in [0.25, 0.3) is 0 Å². The number of amides is 4. The van der Waals surface area contributed by atoms with E-state index in [0.29, 0.717) is 9.80 Å². The lowest BCUT2D eigenvalue weighted by atomic mass is 10.2. The molecule has 0 spiro atoms. The third-order valence-electron chi connectivity index (χ3n) is 2.83. The van der Waals surface area contributed by atoms with Gasteiger partial charge in [0.05, 0.1) is 15.5 Å². The molecule has 1 unspecified atom stereocenters. The van der Waals surface area contributed by atoms with Crippen molar-refractivity contribution in [3.63, 3.8) is 0 Å². The van der Waals surface area contributed by atoms with E-state index in [9.17, 15) is 29.1 Å². The largest absolute Gasteiger partial charge is 0.480 e. The van der Waals surface area contributed by atoms with Crippen LogP contribution >= 0.6 is 31.9 Å². The van der Waals surface area contributed by atoms with Gasteiger partial charge in [0, 0.05) is 12.2 Å². The molecule has 0 aromatic carbocycles.